The molecule has 0 radical (unpaired) electrons. The lowest BCUT2D eigenvalue weighted by molar-refractivity contribution is 0.0992. The van der Waals surface area contributed by atoms with E-state index >= 15 is 0 Å². The van der Waals surface area contributed by atoms with Crippen LogP contribution >= 0.6 is 24.0 Å². The fourth-order valence-corrected chi connectivity index (χ4v) is 4.72. The van der Waals surface area contributed by atoms with Gasteiger partial charge in [0.25, 0.3) is 0 Å². The molecule has 2 bridgehead atoms. The van der Waals surface area contributed by atoms with E-state index in [1.165, 1.54) is 44.9 Å². The van der Waals surface area contributed by atoms with E-state index in [1.807, 2.05) is 0 Å². The second kappa shape index (κ2) is 10.3. The lowest BCUT2D eigenvalue weighted by Crippen LogP contribution is -2.48. The summed E-state index contributed by atoms with van der Waals surface area (Å²) in [6.07, 6.45) is 11.4. The Morgan fingerprint density at radius 2 is 1.92 bits per heavy atom. The summed E-state index contributed by atoms with van der Waals surface area (Å²) in [5.41, 5.74) is 0. The van der Waals surface area contributed by atoms with Gasteiger partial charge in [-0.25, -0.2) is 0 Å². The fourth-order valence-electron chi connectivity index (χ4n) is 4.72. The minimum absolute atomic E-state index is 0. The van der Waals surface area contributed by atoms with E-state index in [0.717, 1.165) is 31.4 Å². The Morgan fingerprint density at radius 3 is 2.48 bits per heavy atom. The molecule has 3 aliphatic rings. The molecule has 1 saturated carbocycles. The van der Waals surface area contributed by atoms with Crippen LogP contribution in [0.25, 0.3) is 0 Å². The first-order chi connectivity index (χ1) is 11.7. The highest BCUT2D eigenvalue weighted by Crippen LogP contribution is 2.34. The van der Waals surface area contributed by atoms with Gasteiger partial charge in [0.05, 0.1) is 24.8 Å². The van der Waals surface area contributed by atoms with Gasteiger partial charge in [-0.3, -0.25) is 4.99 Å². The van der Waals surface area contributed by atoms with Crippen LogP contribution in [0.1, 0.15) is 58.3 Å². The summed E-state index contributed by atoms with van der Waals surface area (Å²) in [7, 11) is 4.41. The number of hydrogen-bond acceptors (Lipinski definition) is 3. The molecular weight excluding hydrogens is 427 g/mol. The van der Waals surface area contributed by atoms with Crippen molar-refractivity contribution in [1.29, 1.82) is 0 Å². The first-order valence-corrected chi connectivity index (χ1v) is 10.0. The molecule has 2 aliphatic heterocycles. The normalized spacial score (nSPS) is 31.0. The molecule has 5 nitrogen and oxygen atoms in total. The number of likely N-dealkylation sites (N-methyl/N-ethyl adjacent to an activating group) is 1. The number of halogens is 1. The molecule has 0 amide bonds. The first-order valence-electron chi connectivity index (χ1n) is 10.0. The van der Waals surface area contributed by atoms with Crippen molar-refractivity contribution >= 4 is 29.9 Å². The van der Waals surface area contributed by atoms with Crippen LogP contribution in [0.4, 0.5) is 0 Å². The zero-order valence-corrected chi connectivity index (χ0v) is 18.5. The highest BCUT2D eigenvalue weighted by molar-refractivity contribution is 14.0. The highest BCUT2D eigenvalue weighted by atomic mass is 127. The number of guanidine groups is 1. The van der Waals surface area contributed by atoms with Gasteiger partial charge >= 0.3 is 0 Å². The van der Waals surface area contributed by atoms with Gasteiger partial charge in [0.1, 0.15) is 0 Å². The number of aliphatic imine (C=N–C) groups is 1. The number of hydrogen-bond donors (Lipinski definition) is 2. The summed E-state index contributed by atoms with van der Waals surface area (Å²) < 4.78 is 5.97. The van der Waals surface area contributed by atoms with Crippen molar-refractivity contribution in [1.82, 2.24) is 15.5 Å². The number of nitrogens with one attached hydrogen (secondary N) is 2. The van der Waals surface area contributed by atoms with E-state index in [2.05, 4.69) is 36.6 Å². The smallest absolute Gasteiger partial charge is 0.191 e. The minimum atomic E-state index is 0. The van der Waals surface area contributed by atoms with E-state index in [4.69, 9.17) is 9.73 Å². The molecule has 0 aromatic carbocycles. The van der Waals surface area contributed by atoms with Crippen molar-refractivity contribution < 1.29 is 4.74 Å². The average Bonchev–Trinajstić information content (AvgIpc) is 3.18. The topological polar surface area (TPSA) is 48.9 Å². The predicted octanol–water partition coefficient (Wildman–Crippen LogP) is 2.99. The molecule has 6 heteroatoms. The molecule has 1 aliphatic carbocycles. The predicted molar refractivity (Wildman–Crippen MR) is 115 cm³/mol. The Hall–Kier alpha value is -0.0800. The molecular formula is C19H37IN4O. The van der Waals surface area contributed by atoms with E-state index in [0.29, 0.717) is 24.3 Å². The zero-order chi connectivity index (χ0) is 16.9. The van der Waals surface area contributed by atoms with E-state index in [1.54, 1.807) is 0 Å². The van der Waals surface area contributed by atoms with Crippen LogP contribution in [-0.2, 0) is 4.74 Å². The molecule has 0 aromatic rings. The molecule has 4 atom stereocenters. The Balaban J connectivity index is 0.00000225. The molecule has 4 unspecified atom stereocenters. The molecule has 2 saturated heterocycles. The van der Waals surface area contributed by atoms with Crippen molar-refractivity contribution in [3.63, 3.8) is 0 Å². The van der Waals surface area contributed by atoms with Gasteiger partial charge < -0.3 is 20.3 Å². The van der Waals surface area contributed by atoms with Gasteiger partial charge in [-0.15, -0.1) is 24.0 Å². The van der Waals surface area contributed by atoms with Gasteiger partial charge in [0.15, 0.2) is 5.96 Å². The lowest BCUT2D eigenvalue weighted by Gasteiger charge is -2.34. The average molecular weight is 464 g/mol. The van der Waals surface area contributed by atoms with Gasteiger partial charge in [0, 0.05) is 12.6 Å². The monoisotopic (exact) mass is 464 g/mol. The summed E-state index contributed by atoms with van der Waals surface area (Å²) in [6.45, 7) is 3.93. The number of fused-ring (bicyclic) bond motifs is 2. The summed E-state index contributed by atoms with van der Waals surface area (Å²) >= 11 is 0. The number of nitrogens with zero attached hydrogens (tertiary/aromatic N) is 2. The second-order valence-electron chi connectivity index (χ2n) is 8.01. The summed E-state index contributed by atoms with van der Waals surface area (Å²) in [6, 6.07) is 0.992. The fraction of sp³-hybridized carbons (Fsp3) is 0.947. The molecule has 0 spiro atoms. The third-order valence-electron chi connectivity index (χ3n) is 6.07. The molecule has 3 rings (SSSR count). The standard InChI is InChI=1S/C19H36N4O.HI/c1-4-20-19(22-16-12-15-10-11-18(16)24-15)21-13-17(23(2)3)14-8-6-5-7-9-14;/h14-18H,4-13H2,1-3H3,(H2,20,21,22);1H. The molecule has 25 heavy (non-hydrogen) atoms. The van der Waals surface area contributed by atoms with Crippen LogP contribution in [0.15, 0.2) is 4.99 Å². The Labute approximate surface area is 170 Å². The van der Waals surface area contributed by atoms with Crippen LogP contribution in [0, 0.1) is 5.92 Å². The maximum atomic E-state index is 5.97. The van der Waals surface area contributed by atoms with E-state index in [-0.39, 0.29) is 24.0 Å². The highest BCUT2D eigenvalue weighted by Gasteiger charge is 2.41. The van der Waals surface area contributed by atoms with Crippen molar-refractivity contribution in [3.05, 3.63) is 0 Å². The minimum Gasteiger partial charge on any atom is -0.373 e. The summed E-state index contributed by atoms with van der Waals surface area (Å²) in [5.74, 6) is 1.77. The molecule has 146 valence electrons. The van der Waals surface area contributed by atoms with Crippen molar-refractivity contribution in [2.24, 2.45) is 10.9 Å². The van der Waals surface area contributed by atoms with Crippen molar-refractivity contribution in [3.8, 4) is 0 Å². The Bertz CT molecular complexity index is 426. The van der Waals surface area contributed by atoms with Crippen molar-refractivity contribution in [2.75, 3.05) is 27.2 Å². The number of ether oxygens (including phenoxy) is 1. The molecule has 0 aromatic heterocycles. The van der Waals surface area contributed by atoms with Gasteiger partial charge in [-0.1, -0.05) is 19.3 Å². The summed E-state index contributed by atoms with van der Waals surface area (Å²) in [5, 5.41) is 7.07. The quantitative estimate of drug-likeness (QED) is 0.361. The second-order valence-corrected chi connectivity index (χ2v) is 8.01. The Kier molecular flexibility index (Phi) is 8.75. The zero-order valence-electron chi connectivity index (χ0n) is 16.2. The van der Waals surface area contributed by atoms with Crippen LogP contribution < -0.4 is 10.6 Å². The third-order valence-corrected chi connectivity index (χ3v) is 6.07. The van der Waals surface area contributed by atoms with E-state index < -0.39 is 0 Å². The molecule has 2 N–H and O–H groups in total. The molecule has 3 fully saturated rings. The SMILES string of the molecule is CCNC(=NCC(C1CCCCC1)N(C)C)NC1CC2CCC1O2.I. The Morgan fingerprint density at radius 1 is 1.16 bits per heavy atom. The first kappa shape index (κ1) is 21.2. The largest absolute Gasteiger partial charge is 0.373 e. The summed E-state index contributed by atoms with van der Waals surface area (Å²) in [4.78, 5) is 7.33. The van der Waals surface area contributed by atoms with E-state index in [9.17, 15) is 0 Å². The maximum absolute atomic E-state index is 5.97. The van der Waals surface area contributed by atoms with Gasteiger partial charge in [-0.05, 0) is 59.0 Å². The third kappa shape index (κ3) is 5.70. The van der Waals surface area contributed by atoms with Gasteiger partial charge in [0.2, 0.25) is 0 Å². The van der Waals surface area contributed by atoms with Crippen molar-refractivity contribution in [2.45, 2.75) is 82.6 Å². The van der Waals surface area contributed by atoms with Crippen LogP contribution in [0.2, 0.25) is 0 Å². The van der Waals surface area contributed by atoms with Crippen LogP contribution in [0.3, 0.4) is 0 Å². The molecule has 2 heterocycles. The lowest BCUT2D eigenvalue weighted by atomic mass is 9.83. The maximum Gasteiger partial charge on any atom is 0.191 e. The number of rotatable bonds is 6. The van der Waals surface area contributed by atoms with Crippen LogP contribution in [-0.4, -0.2) is 62.3 Å². The van der Waals surface area contributed by atoms with Gasteiger partial charge in [-0.2, -0.15) is 0 Å². The van der Waals surface area contributed by atoms with Crippen LogP contribution in [0.5, 0.6) is 0 Å².